The Bertz CT molecular complexity index is 473. The van der Waals surface area contributed by atoms with E-state index in [1.165, 1.54) is 0 Å². The summed E-state index contributed by atoms with van der Waals surface area (Å²) in [5.41, 5.74) is 0.592. The average molecular weight is 293 g/mol. The van der Waals surface area contributed by atoms with E-state index in [0.717, 1.165) is 5.56 Å². The van der Waals surface area contributed by atoms with Gasteiger partial charge in [0.25, 0.3) is 0 Å². The van der Waals surface area contributed by atoms with Gasteiger partial charge in [-0.2, -0.15) is 0 Å². The highest BCUT2D eigenvalue weighted by atomic mass is 16.6. The third kappa shape index (κ3) is 4.15. The van der Waals surface area contributed by atoms with Gasteiger partial charge in [-0.05, 0) is 32.4 Å². The Balaban J connectivity index is 2.10. The first-order valence-electron chi connectivity index (χ1n) is 7.10. The van der Waals surface area contributed by atoms with Crippen molar-refractivity contribution in [2.75, 3.05) is 19.7 Å². The molecule has 2 unspecified atom stereocenters. The number of pyridine rings is 1. The molecule has 1 aliphatic heterocycles. The van der Waals surface area contributed by atoms with Gasteiger partial charge in [0.2, 0.25) is 0 Å². The van der Waals surface area contributed by atoms with Crippen molar-refractivity contribution in [3.05, 3.63) is 30.1 Å². The minimum absolute atomic E-state index is 0.145. The Labute approximate surface area is 125 Å². The van der Waals surface area contributed by atoms with Crippen molar-refractivity contribution in [1.29, 1.82) is 0 Å². The van der Waals surface area contributed by atoms with Gasteiger partial charge in [0.15, 0.2) is 0 Å². The fourth-order valence-corrected chi connectivity index (χ4v) is 2.61. The van der Waals surface area contributed by atoms with Crippen molar-refractivity contribution < 1.29 is 14.4 Å². The first-order chi connectivity index (χ1) is 9.90. The lowest BCUT2D eigenvalue weighted by Crippen LogP contribution is -2.35. The number of hydrogen-bond acceptors (Lipinski definition) is 5. The maximum Gasteiger partial charge on any atom is 0.410 e. The monoisotopic (exact) mass is 293 g/mol. The predicted octanol–water partition coefficient (Wildman–Crippen LogP) is 1.92. The molecule has 0 radical (unpaired) electrons. The summed E-state index contributed by atoms with van der Waals surface area (Å²) < 4.78 is 5.43. The lowest BCUT2D eigenvalue weighted by molar-refractivity contribution is 0.0274. The summed E-state index contributed by atoms with van der Waals surface area (Å²) >= 11 is 0. The van der Waals surface area contributed by atoms with E-state index >= 15 is 0 Å². The van der Waals surface area contributed by atoms with Crippen molar-refractivity contribution in [3.63, 3.8) is 0 Å². The van der Waals surface area contributed by atoms with Gasteiger partial charge in [-0.3, -0.25) is 4.98 Å². The van der Waals surface area contributed by atoms with Gasteiger partial charge in [-0.15, -0.1) is 0 Å². The molecular formula is C15H23N3O3. The lowest BCUT2D eigenvalue weighted by atomic mass is 9.91. The number of rotatable bonds is 3. The number of ether oxygens (including phenoxy) is 1. The second-order valence-corrected chi connectivity index (χ2v) is 6.37. The Hall–Kier alpha value is -1.66. The second-order valence-electron chi connectivity index (χ2n) is 6.37. The van der Waals surface area contributed by atoms with Gasteiger partial charge in [-0.25, -0.2) is 10.7 Å². The molecule has 0 spiro atoms. The van der Waals surface area contributed by atoms with E-state index in [-0.39, 0.29) is 17.9 Å². The van der Waals surface area contributed by atoms with Crippen LogP contribution in [0.1, 0.15) is 32.3 Å². The number of carbonyl (C=O) groups excluding carboxylic acids is 1. The topological polar surface area (TPSA) is 77.7 Å². The van der Waals surface area contributed by atoms with Crippen LogP contribution >= 0.6 is 0 Å². The molecule has 1 amide bonds. The quantitative estimate of drug-likeness (QED) is 0.861. The maximum atomic E-state index is 12.2. The summed E-state index contributed by atoms with van der Waals surface area (Å²) in [4.78, 5) is 22.9. The van der Waals surface area contributed by atoms with Crippen LogP contribution in [0.2, 0.25) is 0 Å². The Morgan fingerprint density at radius 2 is 2.24 bits per heavy atom. The highest BCUT2D eigenvalue weighted by molar-refractivity contribution is 5.68. The standard InChI is InChI=1S/C15H23N3O3/c1-15(2,3)21-14(19)18-8-12(10-20-16)13(9-18)11-5-4-6-17-7-11/h4-7,12-13H,8-10,16H2,1-3H3. The fraction of sp³-hybridized carbons (Fsp3) is 0.600. The molecule has 1 aliphatic rings. The van der Waals surface area contributed by atoms with Crippen molar-refractivity contribution in [2.45, 2.75) is 32.3 Å². The molecule has 21 heavy (non-hydrogen) atoms. The fourth-order valence-electron chi connectivity index (χ4n) is 2.61. The SMILES string of the molecule is CC(C)(C)OC(=O)N1CC(CON)C(c2cccnc2)C1. The summed E-state index contributed by atoms with van der Waals surface area (Å²) in [5, 5.41) is 0. The van der Waals surface area contributed by atoms with Gasteiger partial charge in [0.05, 0.1) is 6.61 Å². The smallest absolute Gasteiger partial charge is 0.410 e. The zero-order valence-electron chi connectivity index (χ0n) is 12.8. The summed E-state index contributed by atoms with van der Waals surface area (Å²) in [7, 11) is 0. The maximum absolute atomic E-state index is 12.2. The van der Waals surface area contributed by atoms with Crippen LogP contribution in [0.3, 0.4) is 0 Å². The molecule has 116 valence electrons. The third-order valence-electron chi connectivity index (χ3n) is 3.52. The summed E-state index contributed by atoms with van der Waals surface area (Å²) in [6.45, 7) is 7.15. The Morgan fingerprint density at radius 3 is 2.81 bits per heavy atom. The van der Waals surface area contributed by atoms with Gasteiger partial charge in [0, 0.05) is 37.3 Å². The van der Waals surface area contributed by atoms with E-state index in [1.807, 2.05) is 39.1 Å². The number of amides is 1. The number of hydrogen-bond donors (Lipinski definition) is 1. The molecule has 2 heterocycles. The zero-order valence-corrected chi connectivity index (χ0v) is 12.8. The van der Waals surface area contributed by atoms with Crippen molar-refractivity contribution in [1.82, 2.24) is 9.88 Å². The zero-order chi connectivity index (χ0) is 15.5. The molecule has 2 N–H and O–H groups in total. The van der Waals surface area contributed by atoms with Crippen LogP contribution in [0, 0.1) is 5.92 Å². The number of nitrogens with two attached hydrogens (primary N) is 1. The number of carbonyl (C=O) groups is 1. The largest absolute Gasteiger partial charge is 0.444 e. The molecule has 0 bridgehead atoms. The molecule has 2 atom stereocenters. The van der Waals surface area contributed by atoms with E-state index in [0.29, 0.717) is 19.7 Å². The molecule has 1 saturated heterocycles. The van der Waals surface area contributed by atoms with Crippen LogP contribution in [-0.2, 0) is 9.57 Å². The molecule has 1 fully saturated rings. The molecule has 1 aromatic heterocycles. The highest BCUT2D eigenvalue weighted by Gasteiger charge is 2.38. The van der Waals surface area contributed by atoms with Crippen LogP contribution in [0.5, 0.6) is 0 Å². The van der Waals surface area contributed by atoms with E-state index in [9.17, 15) is 4.79 Å². The normalized spacial score (nSPS) is 22.4. The van der Waals surface area contributed by atoms with Gasteiger partial charge in [0.1, 0.15) is 5.60 Å². The third-order valence-corrected chi connectivity index (χ3v) is 3.52. The predicted molar refractivity (Wildman–Crippen MR) is 78.4 cm³/mol. The first-order valence-corrected chi connectivity index (χ1v) is 7.10. The number of aromatic nitrogens is 1. The molecule has 2 rings (SSSR count). The van der Waals surface area contributed by atoms with Crippen LogP contribution in [0.25, 0.3) is 0 Å². The van der Waals surface area contributed by atoms with E-state index in [2.05, 4.69) is 4.98 Å². The molecule has 6 heteroatoms. The van der Waals surface area contributed by atoms with Gasteiger partial charge >= 0.3 is 6.09 Å². The Kier molecular flexibility index (Phi) is 4.80. The average Bonchev–Trinajstić information content (AvgIpc) is 2.82. The minimum atomic E-state index is -0.497. The van der Waals surface area contributed by atoms with Gasteiger partial charge < -0.3 is 14.5 Å². The van der Waals surface area contributed by atoms with E-state index in [4.69, 9.17) is 15.5 Å². The number of nitrogens with zero attached hydrogens (tertiary/aromatic N) is 2. The molecule has 0 saturated carbocycles. The molecule has 6 nitrogen and oxygen atoms in total. The highest BCUT2D eigenvalue weighted by Crippen LogP contribution is 2.33. The van der Waals surface area contributed by atoms with Crippen molar-refractivity contribution >= 4 is 6.09 Å². The molecule has 0 aliphatic carbocycles. The van der Waals surface area contributed by atoms with Crippen LogP contribution < -0.4 is 5.90 Å². The van der Waals surface area contributed by atoms with Crippen LogP contribution in [0.4, 0.5) is 4.79 Å². The summed E-state index contributed by atoms with van der Waals surface area (Å²) in [6, 6.07) is 3.91. The molecule has 1 aromatic rings. The van der Waals surface area contributed by atoms with Crippen molar-refractivity contribution in [3.8, 4) is 0 Å². The first kappa shape index (κ1) is 15.7. The van der Waals surface area contributed by atoms with E-state index < -0.39 is 5.60 Å². The number of likely N-dealkylation sites (tertiary alicyclic amines) is 1. The second kappa shape index (κ2) is 6.41. The lowest BCUT2D eigenvalue weighted by Gasteiger charge is -2.24. The van der Waals surface area contributed by atoms with Gasteiger partial charge in [-0.1, -0.05) is 6.07 Å². The van der Waals surface area contributed by atoms with Crippen molar-refractivity contribution in [2.24, 2.45) is 11.8 Å². The Morgan fingerprint density at radius 1 is 1.48 bits per heavy atom. The minimum Gasteiger partial charge on any atom is -0.444 e. The summed E-state index contributed by atoms with van der Waals surface area (Å²) in [6.07, 6.45) is 3.27. The molecule has 0 aromatic carbocycles. The van der Waals surface area contributed by atoms with Crippen LogP contribution in [0.15, 0.2) is 24.5 Å². The van der Waals surface area contributed by atoms with E-state index in [1.54, 1.807) is 11.1 Å². The van der Waals surface area contributed by atoms with Crippen LogP contribution in [-0.4, -0.2) is 41.3 Å². The summed E-state index contributed by atoms with van der Waals surface area (Å²) in [5.74, 6) is 5.53. The molecular weight excluding hydrogens is 270 g/mol.